The molecule has 1 aromatic heterocycles. The molecule has 10 heteroatoms. The smallest absolute Gasteiger partial charge is 0.252 e. The van der Waals surface area contributed by atoms with Gasteiger partial charge in [-0.15, -0.1) is 11.3 Å². The molecule has 1 amide bonds. The summed E-state index contributed by atoms with van der Waals surface area (Å²) in [5, 5.41) is 2.94. The first-order valence-electron chi connectivity index (χ1n) is 8.67. The molecule has 0 saturated carbocycles. The zero-order chi connectivity index (χ0) is 20.3. The summed E-state index contributed by atoms with van der Waals surface area (Å²) in [5.41, 5.74) is 0.989. The van der Waals surface area contributed by atoms with Gasteiger partial charge in [-0.1, -0.05) is 12.1 Å². The predicted molar refractivity (Wildman–Crippen MR) is 116 cm³/mol. The number of hydrogen-bond acceptors (Lipinski definition) is 5. The summed E-state index contributed by atoms with van der Waals surface area (Å²) in [7, 11) is -1.92. The number of benzene rings is 1. The van der Waals surface area contributed by atoms with E-state index in [4.69, 9.17) is 4.74 Å². The van der Waals surface area contributed by atoms with Crippen molar-refractivity contribution in [2.45, 2.75) is 23.6 Å². The van der Waals surface area contributed by atoms with Crippen LogP contribution in [-0.4, -0.2) is 38.8 Å². The fourth-order valence-electron chi connectivity index (χ4n) is 3.02. The van der Waals surface area contributed by atoms with Crippen LogP contribution in [0.5, 0.6) is 5.75 Å². The summed E-state index contributed by atoms with van der Waals surface area (Å²) >= 11 is 7.84. The Morgan fingerprint density at radius 1 is 1.25 bits per heavy atom. The number of hydrogen-bond donors (Lipinski definition) is 1. The van der Waals surface area contributed by atoms with E-state index in [1.807, 2.05) is 24.3 Å². The van der Waals surface area contributed by atoms with Crippen LogP contribution in [0.4, 0.5) is 0 Å². The molecule has 1 N–H and O–H groups in total. The molecule has 152 valence electrons. The number of nitrogens with zero attached hydrogens (tertiary/aromatic N) is 1. The molecule has 0 radical (unpaired) electrons. The largest absolute Gasteiger partial charge is 0.497 e. The van der Waals surface area contributed by atoms with Gasteiger partial charge in [-0.25, -0.2) is 8.42 Å². The summed E-state index contributed by atoms with van der Waals surface area (Å²) < 4.78 is 33.9. The minimum Gasteiger partial charge on any atom is -0.497 e. The minimum absolute atomic E-state index is 0.0329. The van der Waals surface area contributed by atoms with Crippen LogP contribution in [-0.2, 0) is 21.4 Å². The number of halogens is 2. The van der Waals surface area contributed by atoms with E-state index in [1.165, 1.54) is 15.6 Å². The lowest BCUT2D eigenvalue weighted by atomic mass is 9.97. The maximum Gasteiger partial charge on any atom is 0.252 e. The number of ether oxygens (including phenoxy) is 1. The van der Waals surface area contributed by atoms with Crippen LogP contribution in [0.25, 0.3) is 0 Å². The van der Waals surface area contributed by atoms with Crippen molar-refractivity contribution < 1.29 is 17.9 Å². The highest BCUT2D eigenvalue weighted by Crippen LogP contribution is 2.37. The third-order valence-electron chi connectivity index (χ3n) is 4.67. The fourth-order valence-corrected chi connectivity index (χ4v) is 7.46. The van der Waals surface area contributed by atoms with Crippen molar-refractivity contribution in [3.8, 4) is 5.75 Å². The topological polar surface area (TPSA) is 75.7 Å². The molecule has 2 heterocycles. The summed E-state index contributed by atoms with van der Waals surface area (Å²) in [5.74, 6) is 0.564. The van der Waals surface area contributed by atoms with E-state index in [0.717, 1.165) is 19.6 Å². The standard InChI is InChI=1S/C18H20Br2N2O4S2/c1-26-14-4-2-12(3-5-14)11-21-18(23)13-6-8-22(9-7-13)28(24,25)16-10-15(19)17(20)27-16/h2-5,10,13H,6-9,11H2,1H3,(H,21,23). The molecule has 0 atom stereocenters. The average molecular weight is 552 g/mol. The van der Waals surface area contributed by atoms with Gasteiger partial charge in [-0.3, -0.25) is 4.79 Å². The van der Waals surface area contributed by atoms with Crippen molar-refractivity contribution in [1.29, 1.82) is 0 Å². The van der Waals surface area contributed by atoms with Crippen LogP contribution in [0.2, 0.25) is 0 Å². The molecule has 0 spiro atoms. The van der Waals surface area contributed by atoms with E-state index in [2.05, 4.69) is 37.2 Å². The van der Waals surface area contributed by atoms with Crippen molar-refractivity contribution in [1.82, 2.24) is 9.62 Å². The van der Waals surface area contributed by atoms with Gasteiger partial charge in [-0.2, -0.15) is 4.31 Å². The van der Waals surface area contributed by atoms with Crippen molar-refractivity contribution in [2.24, 2.45) is 5.92 Å². The number of carbonyl (C=O) groups is 1. The number of carbonyl (C=O) groups excluding carboxylic acids is 1. The Kier molecular flexibility index (Phi) is 7.19. The van der Waals surface area contributed by atoms with E-state index >= 15 is 0 Å². The van der Waals surface area contributed by atoms with Crippen LogP contribution < -0.4 is 10.1 Å². The maximum absolute atomic E-state index is 12.8. The van der Waals surface area contributed by atoms with Gasteiger partial charge >= 0.3 is 0 Å². The second-order valence-corrected chi connectivity index (χ2v) is 11.8. The minimum atomic E-state index is -3.53. The monoisotopic (exact) mass is 550 g/mol. The molecule has 1 aliphatic heterocycles. The Morgan fingerprint density at radius 2 is 1.89 bits per heavy atom. The first kappa shape index (κ1) is 21.8. The number of amides is 1. The number of nitrogens with one attached hydrogen (secondary N) is 1. The highest BCUT2D eigenvalue weighted by atomic mass is 79.9. The van der Waals surface area contributed by atoms with Gasteiger partial charge in [0.1, 0.15) is 9.96 Å². The number of thiophene rings is 1. The van der Waals surface area contributed by atoms with Gasteiger partial charge < -0.3 is 10.1 Å². The normalized spacial score (nSPS) is 16.1. The van der Waals surface area contributed by atoms with Crippen molar-refractivity contribution in [3.05, 3.63) is 44.2 Å². The molecule has 0 bridgehead atoms. The second kappa shape index (κ2) is 9.25. The summed E-state index contributed by atoms with van der Waals surface area (Å²) in [6, 6.07) is 9.13. The van der Waals surface area contributed by atoms with Gasteiger partial charge in [0, 0.05) is 30.0 Å². The Balaban J connectivity index is 1.53. The van der Waals surface area contributed by atoms with Crippen molar-refractivity contribution >= 4 is 59.1 Å². The van der Waals surface area contributed by atoms with Crippen LogP contribution in [0.1, 0.15) is 18.4 Å². The van der Waals surface area contributed by atoms with Gasteiger partial charge in [0.05, 0.1) is 10.9 Å². The summed E-state index contributed by atoms with van der Waals surface area (Å²) in [6.45, 7) is 1.13. The highest BCUT2D eigenvalue weighted by molar-refractivity contribution is 9.13. The first-order valence-corrected chi connectivity index (χ1v) is 12.5. The van der Waals surface area contributed by atoms with Gasteiger partial charge in [0.2, 0.25) is 5.91 Å². The molecule has 0 aliphatic carbocycles. The lowest BCUT2D eigenvalue weighted by molar-refractivity contribution is -0.126. The van der Waals surface area contributed by atoms with E-state index < -0.39 is 10.0 Å². The molecular weight excluding hydrogens is 532 g/mol. The quantitative estimate of drug-likeness (QED) is 0.589. The lowest BCUT2D eigenvalue weighted by Crippen LogP contribution is -2.42. The molecule has 0 unspecified atom stereocenters. The number of sulfonamides is 1. The molecule has 2 aromatic rings. The fraction of sp³-hybridized carbons (Fsp3) is 0.389. The van der Waals surface area contributed by atoms with Crippen LogP contribution in [0.15, 0.2) is 42.8 Å². The molecule has 3 rings (SSSR count). The highest BCUT2D eigenvalue weighted by Gasteiger charge is 2.33. The van der Waals surface area contributed by atoms with Gasteiger partial charge in [0.15, 0.2) is 0 Å². The van der Waals surface area contributed by atoms with Gasteiger partial charge in [-0.05, 0) is 68.5 Å². The maximum atomic E-state index is 12.8. The Morgan fingerprint density at radius 3 is 2.43 bits per heavy atom. The zero-order valence-electron chi connectivity index (χ0n) is 15.2. The van der Waals surface area contributed by atoms with Crippen LogP contribution in [0, 0.1) is 5.92 Å². The van der Waals surface area contributed by atoms with E-state index in [0.29, 0.717) is 36.7 Å². The lowest BCUT2D eigenvalue weighted by Gasteiger charge is -2.30. The molecule has 1 saturated heterocycles. The average Bonchev–Trinajstić information content (AvgIpc) is 3.06. The number of methoxy groups -OCH3 is 1. The van der Waals surface area contributed by atoms with Crippen molar-refractivity contribution in [3.63, 3.8) is 0 Å². The molecule has 6 nitrogen and oxygen atoms in total. The van der Waals surface area contributed by atoms with Crippen molar-refractivity contribution in [2.75, 3.05) is 20.2 Å². The zero-order valence-corrected chi connectivity index (χ0v) is 20.0. The van der Waals surface area contributed by atoms with E-state index in [9.17, 15) is 13.2 Å². The number of rotatable bonds is 6. The molecular formula is C18H20Br2N2O4S2. The predicted octanol–water partition coefficient (Wildman–Crippen LogP) is 4.00. The third kappa shape index (κ3) is 4.96. The molecule has 1 fully saturated rings. The summed E-state index contributed by atoms with van der Waals surface area (Å²) in [4.78, 5) is 12.5. The number of piperidine rings is 1. The Hall–Kier alpha value is -0.940. The Labute approximate surface area is 185 Å². The van der Waals surface area contributed by atoms with Crippen LogP contribution in [0.3, 0.4) is 0 Å². The molecule has 28 heavy (non-hydrogen) atoms. The van der Waals surface area contributed by atoms with Gasteiger partial charge in [0.25, 0.3) is 10.0 Å². The SMILES string of the molecule is COc1ccc(CNC(=O)C2CCN(S(=O)(=O)c3cc(Br)c(Br)s3)CC2)cc1. The third-order valence-corrected chi connectivity index (χ3v) is 10.3. The Bertz CT molecular complexity index is 917. The summed E-state index contributed by atoms with van der Waals surface area (Å²) in [6.07, 6.45) is 1.03. The molecule has 1 aromatic carbocycles. The molecule has 1 aliphatic rings. The van der Waals surface area contributed by atoms with E-state index in [-0.39, 0.29) is 11.8 Å². The second-order valence-electron chi connectivity index (χ2n) is 6.43. The van der Waals surface area contributed by atoms with Crippen LogP contribution >= 0.6 is 43.2 Å². The van der Waals surface area contributed by atoms with E-state index in [1.54, 1.807) is 13.2 Å². The first-order chi connectivity index (χ1) is 13.3.